The fraction of sp³-hybridized carbons (Fsp3) is 0.500. The van der Waals surface area contributed by atoms with Crippen LogP contribution in [0.2, 0.25) is 0 Å². The first kappa shape index (κ1) is 11.5. The van der Waals surface area contributed by atoms with Gasteiger partial charge in [0.05, 0.1) is 13.5 Å². The molecule has 0 bridgehead atoms. The van der Waals surface area contributed by atoms with E-state index in [0.29, 0.717) is 12.3 Å². The Bertz CT molecular complexity index is 479. The Balaban J connectivity index is 2.01. The lowest BCUT2D eigenvalue weighted by Crippen LogP contribution is -2.28. The molecule has 4 heteroatoms. The number of nitrogens with one attached hydrogen (secondary N) is 2. The zero-order chi connectivity index (χ0) is 12.5. The molecule has 1 aromatic carbocycles. The molecule has 3 rings (SSSR count). The van der Waals surface area contributed by atoms with Gasteiger partial charge in [-0.3, -0.25) is 4.79 Å². The second-order valence-corrected chi connectivity index (χ2v) is 5.02. The number of anilines is 1. The largest absolute Gasteiger partial charge is 0.497 e. The SMILES string of the molecule is COc1cc2c(c(C3CCCNC3)c1)NC(=O)C2. The molecule has 0 aliphatic carbocycles. The number of carbonyl (C=O) groups excluding carboxylic acids is 1. The zero-order valence-electron chi connectivity index (χ0n) is 10.6. The predicted molar refractivity (Wildman–Crippen MR) is 70.2 cm³/mol. The maximum absolute atomic E-state index is 11.6. The Hall–Kier alpha value is -1.55. The first-order valence-corrected chi connectivity index (χ1v) is 6.49. The van der Waals surface area contributed by atoms with E-state index in [0.717, 1.165) is 30.1 Å². The van der Waals surface area contributed by atoms with E-state index < -0.39 is 0 Å². The molecule has 2 aliphatic heterocycles. The maximum Gasteiger partial charge on any atom is 0.228 e. The van der Waals surface area contributed by atoms with Crippen LogP contribution >= 0.6 is 0 Å². The monoisotopic (exact) mass is 246 g/mol. The molecule has 1 amide bonds. The second-order valence-electron chi connectivity index (χ2n) is 5.02. The van der Waals surface area contributed by atoms with E-state index in [1.165, 1.54) is 18.4 Å². The lowest BCUT2D eigenvalue weighted by atomic mass is 9.89. The molecule has 0 saturated carbocycles. The molecular weight excluding hydrogens is 228 g/mol. The minimum atomic E-state index is 0.0864. The van der Waals surface area contributed by atoms with Crippen LogP contribution in [-0.4, -0.2) is 26.1 Å². The van der Waals surface area contributed by atoms with E-state index >= 15 is 0 Å². The van der Waals surface area contributed by atoms with Gasteiger partial charge in [0, 0.05) is 12.2 Å². The van der Waals surface area contributed by atoms with Crippen molar-refractivity contribution in [1.29, 1.82) is 0 Å². The molecule has 2 N–H and O–H groups in total. The summed E-state index contributed by atoms with van der Waals surface area (Å²) in [5, 5.41) is 6.41. The van der Waals surface area contributed by atoms with Crippen molar-refractivity contribution in [2.24, 2.45) is 0 Å². The number of fused-ring (bicyclic) bond motifs is 1. The van der Waals surface area contributed by atoms with Crippen LogP contribution in [0, 0.1) is 0 Å². The molecule has 2 aliphatic rings. The number of hydrogen-bond donors (Lipinski definition) is 2. The van der Waals surface area contributed by atoms with Gasteiger partial charge in [0.25, 0.3) is 0 Å². The number of methoxy groups -OCH3 is 1. The van der Waals surface area contributed by atoms with Gasteiger partial charge in [-0.2, -0.15) is 0 Å². The van der Waals surface area contributed by atoms with Crippen molar-refractivity contribution in [2.45, 2.75) is 25.2 Å². The highest BCUT2D eigenvalue weighted by molar-refractivity contribution is 6.00. The normalized spacial score (nSPS) is 22.5. The summed E-state index contributed by atoms with van der Waals surface area (Å²) in [6.45, 7) is 2.07. The Kier molecular flexibility index (Phi) is 2.96. The quantitative estimate of drug-likeness (QED) is 0.834. The van der Waals surface area contributed by atoms with Crippen LogP contribution in [0.4, 0.5) is 5.69 Å². The molecule has 0 radical (unpaired) electrons. The zero-order valence-corrected chi connectivity index (χ0v) is 10.6. The van der Waals surface area contributed by atoms with Crippen LogP contribution in [-0.2, 0) is 11.2 Å². The van der Waals surface area contributed by atoms with E-state index in [1.54, 1.807) is 7.11 Å². The summed E-state index contributed by atoms with van der Waals surface area (Å²) in [7, 11) is 1.68. The molecule has 1 atom stereocenters. The van der Waals surface area contributed by atoms with Crippen LogP contribution in [0.15, 0.2) is 12.1 Å². The molecule has 96 valence electrons. The van der Waals surface area contributed by atoms with Crippen molar-refractivity contribution in [1.82, 2.24) is 5.32 Å². The smallest absolute Gasteiger partial charge is 0.228 e. The third-order valence-corrected chi connectivity index (χ3v) is 3.81. The van der Waals surface area contributed by atoms with Gasteiger partial charge in [-0.25, -0.2) is 0 Å². The Morgan fingerprint density at radius 3 is 3.00 bits per heavy atom. The fourth-order valence-corrected chi connectivity index (χ4v) is 2.90. The van der Waals surface area contributed by atoms with E-state index in [-0.39, 0.29) is 5.91 Å². The molecule has 0 aromatic heterocycles. The molecule has 1 aromatic rings. The number of ether oxygens (including phenoxy) is 1. The van der Waals surface area contributed by atoms with Crippen LogP contribution < -0.4 is 15.4 Å². The van der Waals surface area contributed by atoms with Crippen molar-refractivity contribution < 1.29 is 9.53 Å². The maximum atomic E-state index is 11.6. The summed E-state index contributed by atoms with van der Waals surface area (Å²) >= 11 is 0. The van der Waals surface area contributed by atoms with Crippen LogP contribution in [0.25, 0.3) is 0 Å². The molecule has 2 heterocycles. The summed E-state index contributed by atoms with van der Waals surface area (Å²) < 4.78 is 5.35. The van der Waals surface area contributed by atoms with Gasteiger partial charge < -0.3 is 15.4 Å². The topological polar surface area (TPSA) is 50.4 Å². The number of benzene rings is 1. The van der Waals surface area contributed by atoms with Crippen molar-refractivity contribution in [2.75, 3.05) is 25.5 Å². The average molecular weight is 246 g/mol. The van der Waals surface area contributed by atoms with E-state index in [9.17, 15) is 4.79 Å². The van der Waals surface area contributed by atoms with Crippen molar-refractivity contribution in [3.05, 3.63) is 23.3 Å². The number of rotatable bonds is 2. The average Bonchev–Trinajstić information content (AvgIpc) is 2.78. The summed E-state index contributed by atoms with van der Waals surface area (Å²) in [6, 6.07) is 4.04. The van der Waals surface area contributed by atoms with E-state index in [4.69, 9.17) is 4.74 Å². The summed E-state index contributed by atoms with van der Waals surface area (Å²) in [6.07, 6.45) is 2.83. The van der Waals surface area contributed by atoms with Gasteiger partial charge in [-0.1, -0.05) is 0 Å². The third kappa shape index (κ3) is 1.97. The van der Waals surface area contributed by atoms with Gasteiger partial charge in [-0.15, -0.1) is 0 Å². The molecule has 1 unspecified atom stereocenters. The highest BCUT2D eigenvalue weighted by atomic mass is 16.5. The first-order chi connectivity index (χ1) is 8.78. The van der Waals surface area contributed by atoms with Crippen LogP contribution in [0.1, 0.15) is 29.9 Å². The Labute approximate surface area is 107 Å². The Morgan fingerprint density at radius 1 is 1.39 bits per heavy atom. The third-order valence-electron chi connectivity index (χ3n) is 3.81. The molecule has 18 heavy (non-hydrogen) atoms. The molecule has 1 fully saturated rings. The van der Waals surface area contributed by atoms with Crippen molar-refractivity contribution in [3.63, 3.8) is 0 Å². The minimum Gasteiger partial charge on any atom is -0.497 e. The molecule has 4 nitrogen and oxygen atoms in total. The number of carbonyl (C=O) groups is 1. The van der Waals surface area contributed by atoms with Gasteiger partial charge >= 0.3 is 0 Å². The highest BCUT2D eigenvalue weighted by Gasteiger charge is 2.26. The number of hydrogen-bond acceptors (Lipinski definition) is 3. The second kappa shape index (κ2) is 4.61. The molecular formula is C14H18N2O2. The summed E-state index contributed by atoms with van der Waals surface area (Å²) in [4.78, 5) is 11.6. The predicted octanol–water partition coefficient (Wildman–Crippen LogP) is 1.66. The number of piperidine rings is 1. The summed E-state index contributed by atoms with van der Waals surface area (Å²) in [5.41, 5.74) is 3.32. The molecule has 0 spiro atoms. The van der Waals surface area contributed by atoms with Gasteiger partial charge in [-0.05, 0) is 48.6 Å². The number of amides is 1. The van der Waals surface area contributed by atoms with Gasteiger partial charge in [0.2, 0.25) is 5.91 Å². The molecule has 1 saturated heterocycles. The first-order valence-electron chi connectivity index (χ1n) is 6.49. The fourth-order valence-electron chi connectivity index (χ4n) is 2.90. The van der Waals surface area contributed by atoms with E-state index in [1.807, 2.05) is 6.07 Å². The lowest BCUT2D eigenvalue weighted by molar-refractivity contribution is -0.115. The standard InChI is InChI=1S/C14H18N2O2/c1-18-11-5-10-6-13(17)16-14(10)12(7-11)9-3-2-4-15-8-9/h5,7,9,15H,2-4,6,8H2,1H3,(H,16,17). The van der Waals surface area contributed by atoms with Gasteiger partial charge in [0.15, 0.2) is 0 Å². The summed E-state index contributed by atoms with van der Waals surface area (Å²) in [5.74, 6) is 1.41. The lowest BCUT2D eigenvalue weighted by Gasteiger charge is -2.25. The van der Waals surface area contributed by atoms with Crippen molar-refractivity contribution in [3.8, 4) is 5.75 Å². The van der Waals surface area contributed by atoms with Crippen LogP contribution in [0.5, 0.6) is 5.75 Å². The highest BCUT2D eigenvalue weighted by Crippen LogP contribution is 2.38. The van der Waals surface area contributed by atoms with Crippen molar-refractivity contribution >= 4 is 11.6 Å². The van der Waals surface area contributed by atoms with Crippen LogP contribution in [0.3, 0.4) is 0 Å². The van der Waals surface area contributed by atoms with Gasteiger partial charge in [0.1, 0.15) is 5.75 Å². The minimum absolute atomic E-state index is 0.0864. The Morgan fingerprint density at radius 2 is 2.28 bits per heavy atom. The van der Waals surface area contributed by atoms with E-state index in [2.05, 4.69) is 16.7 Å².